The van der Waals surface area contributed by atoms with E-state index in [1.165, 1.54) is 36.3 Å². The second-order valence-corrected chi connectivity index (χ2v) is 7.57. The Labute approximate surface area is 184 Å². The molecular weight excluding hydrogens is 411 g/mol. The third kappa shape index (κ3) is 3.85. The Bertz CT molecular complexity index is 1210. The predicted molar refractivity (Wildman–Crippen MR) is 115 cm³/mol. The molecule has 1 aliphatic rings. The Morgan fingerprint density at radius 1 is 1.16 bits per heavy atom. The molecule has 1 aromatic heterocycles. The van der Waals surface area contributed by atoms with Crippen LogP contribution in [0.1, 0.15) is 28.3 Å². The Balaban J connectivity index is 1.87. The van der Waals surface area contributed by atoms with E-state index >= 15 is 0 Å². The summed E-state index contributed by atoms with van der Waals surface area (Å²) in [5.41, 5.74) is 2.38. The molecule has 6 nitrogen and oxygen atoms in total. The molecule has 0 radical (unpaired) electrons. The summed E-state index contributed by atoms with van der Waals surface area (Å²) in [6.45, 7) is 1.92. The number of carbonyl (C=O) groups excluding carboxylic acids is 2. The number of ketones is 1. The van der Waals surface area contributed by atoms with Crippen molar-refractivity contribution in [2.24, 2.45) is 0 Å². The van der Waals surface area contributed by atoms with Gasteiger partial charge in [0.1, 0.15) is 17.3 Å². The Hall–Kier alpha value is -4.00. The van der Waals surface area contributed by atoms with Crippen LogP contribution in [0.4, 0.5) is 4.39 Å². The van der Waals surface area contributed by atoms with Crippen molar-refractivity contribution in [2.75, 3.05) is 7.11 Å². The maximum absolute atomic E-state index is 13.6. The fourth-order valence-corrected chi connectivity index (χ4v) is 3.93. The van der Waals surface area contributed by atoms with E-state index in [0.717, 1.165) is 5.56 Å². The van der Waals surface area contributed by atoms with Gasteiger partial charge in [0.05, 0.1) is 25.3 Å². The van der Waals surface area contributed by atoms with Crippen LogP contribution in [0.2, 0.25) is 0 Å². The van der Waals surface area contributed by atoms with Crippen LogP contribution in [-0.2, 0) is 16.1 Å². The highest BCUT2D eigenvalue weighted by atomic mass is 19.1. The summed E-state index contributed by atoms with van der Waals surface area (Å²) in [4.78, 5) is 30.5. The van der Waals surface area contributed by atoms with Crippen molar-refractivity contribution in [3.05, 3.63) is 101 Å². The summed E-state index contributed by atoms with van der Waals surface area (Å²) in [7, 11) is 1.54. The number of rotatable bonds is 5. The van der Waals surface area contributed by atoms with E-state index < -0.39 is 23.5 Å². The number of aromatic amines is 1. The van der Waals surface area contributed by atoms with Crippen LogP contribution in [0.15, 0.2) is 72.6 Å². The molecule has 4 rings (SSSR count). The molecule has 0 aliphatic carbocycles. The third-order valence-electron chi connectivity index (χ3n) is 5.54. The van der Waals surface area contributed by atoms with E-state index in [4.69, 9.17) is 4.74 Å². The van der Waals surface area contributed by atoms with Gasteiger partial charge in [-0.15, -0.1) is 0 Å². The molecule has 7 heteroatoms. The molecular formula is C25H22FN2O4+. The van der Waals surface area contributed by atoms with E-state index in [-0.39, 0.29) is 17.9 Å². The van der Waals surface area contributed by atoms with Gasteiger partial charge in [-0.2, -0.15) is 0 Å². The molecule has 162 valence electrons. The monoisotopic (exact) mass is 433 g/mol. The molecule has 2 heterocycles. The lowest BCUT2D eigenvalue weighted by Gasteiger charge is -2.25. The molecule has 32 heavy (non-hydrogen) atoms. The topological polar surface area (TPSA) is 81.0 Å². The Morgan fingerprint density at radius 2 is 1.91 bits per heavy atom. The normalized spacial score (nSPS) is 17.6. The number of aryl methyl sites for hydroxylation is 1. The average molecular weight is 433 g/mol. The zero-order chi connectivity index (χ0) is 22.8. The van der Waals surface area contributed by atoms with Gasteiger partial charge in [0.2, 0.25) is 0 Å². The van der Waals surface area contributed by atoms with Crippen molar-refractivity contribution in [1.29, 1.82) is 0 Å². The van der Waals surface area contributed by atoms with Crippen molar-refractivity contribution in [2.45, 2.75) is 19.5 Å². The summed E-state index contributed by atoms with van der Waals surface area (Å²) in [6, 6.07) is 13.4. The fraction of sp³-hybridized carbons (Fsp3) is 0.160. The third-order valence-corrected chi connectivity index (χ3v) is 5.54. The first-order valence-corrected chi connectivity index (χ1v) is 10.0. The highest BCUT2D eigenvalue weighted by Crippen LogP contribution is 2.40. The quantitative estimate of drug-likeness (QED) is 0.379. The van der Waals surface area contributed by atoms with E-state index in [2.05, 4.69) is 4.98 Å². The molecule has 2 aromatic carbocycles. The van der Waals surface area contributed by atoms with Gasteiger partial charge in [0.25, 0.3) is 11.7 Å². The number of benzene rings is 2. The predicted octanol–water partition coefficient (Wildman–Crippen LogP) is 3.58. The molecule has 0 bridgehead atoms. The number of H-pyrrole nitrogens is 1. The number of aromatic nitrogens is 1. The lowest BCUT2D eigenvalue weighted by Crippen LogP contribution is -2.29. The molecule has 1 aliphatic heterocycles. The number of likely N-dealkylation sites (tertiary alicyclic amines) is 1. The van der Waals surface area contributed by atoms with Gasteiger partial charge in [-0.3, -0.25) is 9.59 Å². The number of ether oxygens (including phenoxy) is 1. The number of nitrogens with zero attached hydrogens (tertiary/aromatic N) is 1. The summed E-state index contributed by atoms with van der Waals surface area (Å²) in [5, 5.41) is 11.2. The van der Waals surface area contributed by atoms with Crippen molar-refractivity contribution >= 4 is 17.4 Å². The van der Waals surface area contributed by atoms with Crippen LogP contribution < -0.4 is 9.72 Å². The first kappa shape index (κ1) is 21.2. The SMILES string of the molecule is COc1ccc(C(O)=C2C(=O)C(=O)N(Cc3ccc[nH+]c3)C2c2ccc(F)cc2)c(C)c1. The number of nitrogens with one attached hydrogen (secondary N) is 1. The molecule has 2 N–H and O–H groups in total. The van der Waals surface area contributed by atoms with Crippen molar-refractivity contribution in [3.8, 4) is 5.75 Å². The maximum Gasteiger partial charge on any atom is 0.295 e. The fourth-order valence-electron chi connectivity index (χ4n) is 3.93. The zero-order valence-corrected chi connectivity index (χ0v) is 17.6. The number of carbonyl (C=O) groups is 2. The summed E-state index contributed by atoms with van der Waals surface area (Å²) in [5.74, 6) is -1.62. The van der Waals surface area contributed by atoms with Gasteiger partial charge in [0, 0.05) is 17.2 Å². The van der Waals surface area contributed by atoms with Crippen molar-refractivity contribution < 1.29 is 28.8 Å². The first-order valence-electron chi connectivity index (χ1n) is 10.0. The minimum atomic E-state index is -0.864. The molecule has 1 saturated heterocycles. The Morgan fingerprint density at radius 3 is 2.53 bits per heavy atom. The maximum atomic E-state index is 13.6. The number of halogens is 1. The molecule has 1 amide bonds. The number of aliphatic hydroxyl groups is 1. The number of hydrogen-bond donors (Lipinski definition) is 1. The summed E-state index contributed by atoms with van der Waals surface area (Å²) < 4.78 is 18.8. The van der Waals surface area contributed by atoms with Crippen molar-refractivity contribution in [3.63, 3.8) is 0 Å². The highest BCUT2D eigenvalue weighted by Gasteiger charge is 2.46. The van der Waals surface area contributed by atoms with Gasteiger partial charge >= 0.3 is 0 Å². The number of methoxy groups -OCH3 is 1. The molecule has 0 spiro atoms. The van der Waals surface area contributed by atoms with Gasteiger partial charge in [-0.25, -0.2) is 9.37 Å². The molecule has 1 atom stereocenters. The lowest BCUT2D eigenvalue weighted by molar-refractivity contribution is -0.378. The lowest BCUT2D eigenvalue weighted by atomic mass is 9.93. The van der Waals surface area contributed by atoms with Crippen LogP contribution in [0, 0.1) is 12.7 Å². The first-order chi connectivity index (χ1) is 15.4. The number of hydrogen-bond acceptors (Lipinski definition) is 4. The van der Waals surface area contributed by atoms with Gasteiger partial charge in [-0.1, -0.05) is 12.1 Å². The van der Waals surface area contributed by atoms with Crippen LogP contribution in [-0.4, -0.2) is 28.8 Å². The second kappa shape index (κ2) is 8.63. The van der Waals surface area contributed by atoms with Gasteiger partial charge in [-0.05, 0) is 54.4 Å². The van der Waals surface area contributed by atoms with E-state index in [1.54, 1.807) is 43.6 Å². The van der Waals surface area contributed by atoms with E-state index in [1.807, 2.05) is 6.07 Å². The van der Waals surface area contributed by atoms with Crippen LogP contribution >= 0.6 is 0 Å². The summed E-state index contributed by atoms with van der Waals surface area (Å²) in [6.07, 6.45) is 3.47. The number of Topliss-reactive ketones (excluding diaryl/α,β-unsaturated/α-hetero) is 1. The zero-order valence-electron chi connectivity index (χ0n) is 17.6. The molecule has 1 fully saturated rings. The molecule has 1 unspecified atom stereocenters. The van der Waals surface area contributed by atoms with Crippen LogP contribution in [0.25, 0.3) is 5.76 Å². The standard InChI is InChI=1S/C25H21FN2O4/c1-15-12-19(32-2)9-10-20(15)23(29)21-22(17-5-7-18(26)8-6-17)28(25(31)24(21)30)14-16-4-3-11-27-13-16/h3-13,22,29H,14H2,1-2H3/p+1. The van der Waals surface area contributed by atoms with Gasteiger partial charge in [0.15, 0.2) is 12.4 Å². The van der Waals surface area contributed by atoms with Crippen molar-refractivity contribution in [1.82, 2.24) is 4.90 Å². The van der Waals surface area contributed by atoms with Crippen LogP contribution in [0.5, 0.6) is 5.75 Å². The van der Waals surface area contributed by atoms with Crippen LogP contribution in [0.3, 0.4) is 0 Å². The highest BCUT2D eigenvalue weighted by molar-refractivity contribution is 6.46. The number of amides is 1. The van der Waals surface area contributed by atoms with Gasteiger partial charge < -0.3 is 14.7 Å². The van der Waals surface area contributed by atoms with E-state index in [0.29, 0.717) is 22.4 Å². The second-order valence-electron chi connectivity index (χ2n) is 7.57. The van der Waals surface area contributed by atoms with E-state index in [9.17, 15) is 19.1 Å². The molecule has 0 saturated carbocycles. The minimum Gasteiger partial charge on any atom is -0.507 e. The smallest absolute Gasteiger partial charge is 0.295 e. The average Bonchev–Trinajstić information content (AvgIpc) is 3.04. The number of aliphatic hydroxyl groups excluding tert-OH is 1. The minimum absolute atomic E-state index is 0.0326. The molecule has 3 aromatic rings. The number of pyridine rings is 1. The largest absolute Gasteiger partial charge is 0.507 e. The summed E-state index contributed by atoms with van der Waals surface area (Å²) >= 11 is 0. The Kier molecular flexibility index (Phi) is 5.73.